The number of imide groups is 2. The Labute approximate surface area is 184 Å². The largest absolute Gasteiger partial charge is 0.275 e. The van der Waals surface area contributed by atoms with E-state index in [1.807, 2.05) is 19.9 Å². The fourth-order valence-electron chi connectivity index (χ4n) is 4.36. The fourth-order valence-corrected chi connectivity index (χ4v) is 4.36. The smallest absolute Gasteiger partial charge is 0.262 e. The second-order valence-electron chi connectivity index (χ2n) is 7.87. The van der Waals surface area contributed by atoms with E-state index in [0.29, 0.717) is 12.8 Å². The molecule has 2 aromatic rings. The van der Waals surface area contributed by atoms with Crippen LogP contribution in [-0.4, -0.2) is 46.5 Å². The Morgan fingerprint density at radius 1 is 0.844 bits per heavy atom. The first-order valence-electron chi connectivity index (χ1n) is 10.6. The van der Waals surface area contributed by atoms with Crippen LogP contribution in [-0.2, 0) is 0 Å². The van der Waals surface area contributed by atoms with Gasteiger partial charge < -0.3 is 0 Å². The van der Waals surface area contributed by atoms with Crippen LogP contribution in [0, 0.1) is 17.9 Å². The summed E-state index contributed by atoms with van der Waals surface area (Å²) in [7, 11) is 0. The quantitative estimate of drug-likeness (QED) is 0.510. The van der Waals surface area contributed by atoms with Gasteiger partial charge in [-0.1, -0.05) is 26.7 Å². The lowest BCUT2D eigenvalue weighted by Gasteiger charge is -2.33. The molecule has 4 rings (SSSR count). The van der Waals surface area contributed by atoms with Crippen LogP contribution in [0.2, 0.25) is 0 Å². The lowest BCUT2D eigenvalue weighted by Crippen LogP contribution is -2.44. The summed E-state index contributed by atoms with van der Waals surface area (Å²) in [6, 6.07) is 4.62. The molecule has 2 aliphatic rings. The maximum atomic E-state index is 13.3. The summed E-state index contributed by atoms with van der Waals surface area (Å²) in [4.78, 5) is 58.6. The molecule has 160 valence electrons. The first-order valence-corrected chi connectivity index (χ1v) is 10.6. The zero-order valence-corrected chi connectivity index (χ0v) is 17.8. The van der Waals surface area contributed by atoms with E-state index in [0.717, 1.165) is 22.6 Å². The highest BCUT2D eigenvalue weighted by molar-refractivity contribution is 6.35. The summed E-state index contributed by atoms with van der Waals surface area (Å²) in [5.41, 5.74) is 0.103. The molecule has 32 heavy (non-hydrogen) atoms. The molecule has 0 saturated carbocycles. The van der Waals surface area contributed by atoms with Crippen LogP contribution in [0.1, 0.15) is 86.5 Å². The molecule has 8 heteroatoms. The molecule has 0 spiro atoms. The standard InChI is InChI=1S/C24H20N4O4/c1-4-6-8-27-22(30)15-11-16(26-3)20-19-14(21(29)28(24(20)32)9-7-5-2)10-13(12-25)17(18(15)19)23(27)31/h10-11H,4-9H2,1-2H3. The minimum atomic E-state index is -0.617. The van der Waals surface area contributed by atoms with Gasteiger partial charge in [-0.2, -0.15) is 5.26 Å². The summed E-state index contributed by atoms with van der Waals surface area (Å²) in [5, 5.41) is 10.0. The van der Waals surface area contributed by atoms with Crippen LogP contribution in [0.3, 0.4) is 0 Å². The van der Waals surface area contributed by atoms with Gasteiger partial charge in [0.25, 0.3) is 23.6 Å². The van der Waals surface area contributed by atoms with Crippen molar-refractivity contribution in [2.24, 2.45) is 0 Å². The Bertz CT molecular complexity index is 1210. The Hall–Kier alpha value is -4.04. The predicted octanol–water partition coefficient (Wildman–Crippen LogP) is 4.05. The van der Waals surface area contributed by atoms with Crippen molar-refractivity contribution in [1.82, 2.24) is 9.80 Å². The summed E-state index contributed by atoms with van der Waals surface area (Å²) in [6.07, 6.45) is 2.69. The Morgan fingerprint density at radius 3 is 1.84 bits per heavy atom. The van der Waals surface area contributed by atoms with Crippen LogP contribution in [0.5, 0.6) is 0 Å². The lowest BCUT2D eigenvalue weighted by molar-refractivity contribution is 0.0587. The number of hydrogen-bond donors (Lipinski definition) is 0. The van der Waals surface area contributed by atoms with E-state index < -0.39 is 23.6 Å². The number of nitrogens with zero attached hydrogens (tertiary/aromatic N) is 4. The summed E-state index contributed by atoms with van der Waals surface area (Å²) in [6.45, 7) is 11.8. The predicted molar refractivity (Wildman–Crippen MR) is 115 cm³/mol. The van der Waals surface area contributed by atoms with Crippen molar-refractivity contribution in [2.75, 3.05) is 13.1 Å². The fraction of sp³-hybridized carbons (Fsp3) is 0.333. The van der Waals surface area contributed by atoms with Crippen molar-refractivity contribution in [2.45, 2.75) is 39.5 Å². The van der Waals surface area contributed by atoms with Gasteiger partial charge in [0, 0.05) is 29.6 Å². The second-order valence-corrected chi connectivity index (χ2v) is 7.87. The molecule has 2 aliphatic heterocycles. The number of nitriles is 1. The molecule has 0 aliphatic carbocycles. The number of benzene rings is 2. The second kappa shape index (κ2) is 7.90. The number of rotatable bonds is 6. The third kappa shape index (κ3) is 2.80. The molecular weight excluding hydrogens is 408 g/mol. The zero-order chi connectivity index (χ0) is 23.2. The average molecular weight is 428 g/mol. The molecule has 0 fully saturated rings. The highest BCUT2D eigenvalue weighted by Gasteiger charge is 2.42. The highest BCUT2D eigenvalue weighted by atomic mass is 16.2. The number of amides is 4. The lowest BCUT2D eigenvalue weighted by atomic mass is 9.82. The first kappa shape index (κ1) is 21.2. The van der Waals surface area contributed by atoms with Crippen molar-refractivity contribution in [1.29, 1.82) is 5.26 Å². The molecule has 0 radical (unpaired) electrons. The summed E-state index contributed by atoms with van der Waals surface area (Å²) >= 11 is 0. The number of carbonyl (C=O) groups is 4. The van der Waals surface area contributed by atoms with Gasteiger partial charge in [0.2, 0.25) is 5.69 Å². The van der Waals surface area contributed by atoms with Gasteiger partial charge in [-0.15, -0.1) is 0 Å². The molecule has 2 aromatic carbocycles. The first-order chi connectivity index (χ1) is 15.4. The van der Waals surface area contributed by atoms with E-state index in [2.05, 4.69) is 4.85 Å². The number of hydrogen-bond acceptors (Lipinski definition) is 5. The van der Waals surface area contributed by atoms with E-state index in [4.69, 9.17) is 6.57 Å². The molecule has 0 bridgehead atoms. The van der Waals surface area contributed by atoms with Crippen molar-refractivity contribution in [3.8, 4) is 6.07 Å². The van der Waals surface area contributed by atoms with Crippen molar-refractivity contribution < 1.29 is 19.2 Å². The van der Waals surface area contributed by atoms with Crippen LogP contribution in [0.4, 0.5) is 5.69 Å². The topological polar surface area (TPSA) is 103 Å². The van der Waals surface area contributed by atoms with Gasteiger partial charge in [0.1, 0.15) is 6.07 Å². The summed E-state index contributed by atoms with van der Waals surface area (Å²) < 4.78 is 0. The number of carbonyl (C=O) groups excluding carboxylic acids is 4. The van der Waals surface area contributed by atoms with E-state index in [9.17, 15) is 24.4 Å². The molecular formula is C24H20N4O4. The molecule has 0 saturated heterocycles. The van der Waals surface area contributed by atoms with E-state index in [1.54, 1.807) is 0 Å². The van der Waals surface area contributed by atoms with Gasteiger partial charge in [-0.05, 0) is 30.4 Å². The van der Waals surface area contributed by atoms with Crippen molar-refractivity contribution in [3.05, 3.63) is 51.4 Å². The van der Waals surface area contributed by atoms with Crippen LogP contribution < -0.4 is 0 Å². The van der Waals surface area contributed by atoms with Gasteiger partial charge in [-0.3, -0.25) is 29.0 Å². The maximum Gasteiger partial charge on any atom is 0.262 e. The Kier molecular flexibility index (Phi) is 5.23. The van der Waals surface area contributed by atoms with Gasteiger partial charge in [-0.25, -0.2) is 4.85 Å². The summed E-state index contributed by atoms with van der Waals surface area (Å²) in [5.74, 6) is -2.39. The highest BCUT2D eigenvalue weighted by Crippen LogP contribution is 2.43. The molecule has 0 N–H and O–H groups in total. The number of unbranched alkanes of at least 4 members (excludes halogenated alkanes) is 2. The average Bonchev–Trinajstić information content (AvgIpc) is 2.80. The van der Waals surface area contributed by atoms with E-state index in [1.165, 1.54) is 12.1 Å². The maximum absolute atomic E-state index is 13.3. The molecule has 0 aromatic heterocycles. The molecule has 4 amide bonds. The minimum absolute atomic E-state index is 0.0114. The molecule has 2 heterocycles. The normalized spacial score (nSPS) is 14.8. The van der Waals surface area contributed by atoms with E-state index >= 15 is 0 Å². The van der Waals surface area contributed by atoms with Crippen LogP contribution in [0.15, 0.2) is 12.1 Å². The molecule has 0 atom stereocenters. The zero-order valence-electron chi connectivity index (χ0n) is 17.8. The van der Waals surface area contributed by atoms with Gasteiger partial charge in [0.15, 0.2) is 0 Å². The molecule has 8 nitrogen and oxygen atoms in total. The van der Waals surface area contributed by atoms with Crippen LogP contribution >= 0.6 is 0 Å². The van der Waals surface area contributed by atoms with Gasteiger partial charge >= 0.3 is 0 Å². The Balaban J connectivity index is 2.11. The SMILES string of the molecule is [C-]#[N+]c1cc2c3c(c(C#N)cc4c3c1C(=O)N(CCCC)C4=O)C(=O)N(CCCC)C2=O. The van der Waals surface area contributed by atoms with Crippen molar-refractivity contribution in [3.63, 3.8) is 0 Å². The monoisotopic (exact) mass is 428 g/mol. The third-order valence-corrected chi connectivity index (χ3v) is 5.96. The van der Waals surface area contributed by atoms with Crippen LogP contribution in [0.25, 0.3) is 15.6 Å². The van der Waals surface area contributed by atoms with E-state index in [-0.39, 0.29) is 57.4 Å². The van der Waals surface area contributed by atoms with Gasteiger partial charge in [0.05, 0.1) is 23.3 Å². The molecule has 0 unspecified atom stereocenters. The Morgan fingerprint density at radius 2 is 1.34 bits per heavy atom. The minimum Gasteiger partial charge on any atom is -0.275 e. The van der Waals surface area contributed by atoms with Crippen molar-refractivity contribution >= 4 is 40.1 Å². The third-order valence-electron chi connectivity index (χ3n) is 5.96.